The lowest BCUT2D eigenvalue weighted by Gasteiger charge is -2.30. The molecule has 1 saturated heterocycles. The number of fused-ring (bicyclic) bond motifs is 1. The summed E-state index contributed by atoms with van der Waals surface area (Å²) in [5.41, 5.74) is 2.09. The number of imidazole rings is 1. The third-order valence-electron chi connectivity index (χ3n) is 4.28. The number of methoxy groups -OCH3 is 2. The Bertz CT molecular complexity index is 699. The Balaban J connectivity index is 2.10. The zero-order valence-corrected chi connectivity index (χ0v) is 13.5. The second-order valence-corrected chi connectivity index (χ2v) is 5.95. The summed E-state index contributed by atoms with van der Waals surface area (Å²) in [6.45, 7) is 2.21. The molecule has 0 radical (unpaired) electrons. The van der Waals surface area contributed by atoms with Crippen LogP contribution in [0.2, 0.25) is 0 Å². The first kappa shape index (κ1) is 14.4. The van der Waals surface area contributed by atoms with Crippen LogP contribution in [-0.2, 0) is 0 Å². The Kier molecular flexibility index (Phi) is 3.91. The van der Waals surface area contributed by atoms with Crippen molar-refractivity contribution in [3.63, 3.8) is 0 Å². The molecule has 2 aromatic rings. The van der Waals surface area contributed by atoms with Crippen molar-refractivity contribution in [1.82, 2.24) is 14.5 Å². The van der Waals surface area contributed by atoms with Crippen molar-refractivity contribution in [2.24, 2.45) is 0 Å². The van der Waals surface area contributed by atoms with Crippen LogP contribution in [0.3, 0.4) is 0 Å². The van der Waals surface area contributed by atoms with E-state index in [2.05, 4.69) is 21.5 Å². The first-order chi connectivity index (χ1) is 10.1. The number of nitrogens with zero attached hydrogens (tertiary/aromatic N) is 2. The summed E-state index contributed by atoms with van der Waals surface area (Å²) in [6.07, 6.45) is 2.23. The molecule has 1 N–H and O–H groups in total. The summed E-state index contributed by atoms with van der Waals surface area (Å²) in [7, 11) is 5.47. The molecule has 1 aromatic carbocycles. The maximum atomic E-state index is 5.53. The van der Waals surface area contributed by atoms with E-state index in [0.29, 0.717) is 6.04 Å². The number of ether oxygens (including phenoxy) is 2. The van der Waals surface area contributed by atoms with E-state index in [1.54, 1.807) is 14.2 Å². The van der Waals surface area contributed by atoms with Gasteiger partial charge >= 0.3 is 0 Å². The van der Waals surface area contributed by atoms with Gasteiger partial charge in [-0.3, -0.25) is 0 Å². The van der Waals surface area contributed by atoms with Crippen LogP contribution in [0.4, 0.5) is 0 Å². The normalized spacial score (nSPS) is 17.3. The van der Waals surface area contributed by atoms with Crippen molar-refractivity contribution in [3.8, 4) is 11.5 Å². The van der Waals surface area contributed by atoms with Gasteiger partial charge in [-0.05, 0) is 45.2 Å². The molecule has 1 fully saturated rings. The molecule has 1 aliphatic heterocycles. The smallest absolute Gasteiger partial charge is 0.178 e. The average Bonchev–Trinajstić information content (AvgIpc) is 2.81. The van der Waals surface area contributed by atoms with Crippen LogP contribution in [0.5, 0.6) is 11.5 Å². The first-order valence-corrected chi connectivity index (χ1v) is 7.59. The van der Waals surface area contributed by atoms with E-state index >= 15 is 0 Å². The van der Waals surface area contributed by atoms with Crippen molar-refractivity contribution in [2.75, 3.05) is 34.4 Å². The summed E-state index contributed by atoms with van der Waals surface area (Å²) in [6, 6.07) is 4.41. The van der Waals surface area contributed by atoms with Crippen molar-refractivity contribution in [1.29, 1.82) is 0 Å². The van der Waals surface area contributed by atoms with E-state index in [0.717, 1.165) is 53.2 Å². The van der Waals surface area contributed by atoms with Gasteiger partial charge in [0.2, 0.25) is 0 Å². The number of nitrogens with one attached hydrogen (secondary N) is 1. The molecular formula is C15H21N3O2S. The zero-order chi connectivity index (χ0) is 15.0. The Morgan fingerprint density at radius 2 is 1.76 bits per heavy atom. The van der Waals surface area contributed by atoms with Crippen LogP contribution in [0.1, 0.15) is 18.9 Å². The summed E-state index contributed by atoms with van der Waals surface area (Å²) < 4.78 is 13.8. The predicted octanol–water partition coefficient (Wildman–Crippen LogP) is 2.98. The molecule has 3 rings (SSSR count). The second-order valence-electron chi connectivity index (χ2n) is 5.56. The standard InChI is InChI=1S/C15H21N3O2S/c1-17-6-4-10(5-7-17)18-12-9-14(20-3)13(19-2)8-11(12)16-15(18)21/h8-10H,4-7H2,1-3H3,(H,16,21). The van der Waals surface area contributed by atoms with E-state index in [-0.39, 0.29) is 0 Å². The molecule has 0 atom stereocenters. The topological polar surface area (TPSA) is 42.4 Å². The molecule has 114 valence electrons. The Morgan fingerprint density at radius 1 is 1.14 bits per heavy atom. The number of aromatic amines is 1. The van der Waals surface area contributed by atoms with E-state index in [9.17, 15) is 0 Å². The number of aromatic nitrogens is 2. The summed E-state index contributed by atoms with van der Waals surface area (Å²) in [5, 5.41) is 0. The predicted molar refractivity (Wildman–Crippen MR) is 86.0 cm³/mol. The maximum Gasteiger partial charge on any atom is 0.178 e. The molecule has 0 bridgehead atoms. The molecule has 0 saturated carbocycles. The number of hydrogen-bond donors (Lipinski definition) is 1. The minimum Gasteiger partial charge on any atom is -0.493 e. The molecule has 2 heterocycles. The van der Waals surface area contributed by atoms with Gasteiger partial charge in [0.25, 0.3) is 0 Å². The third kappa shape index (κ3) is 2.53. The number of H-pyrrole nitrogens is 1. The molecule has 6 heteroatoms. The first-order valence-electron chi connectivity index (χ1n) is 7.19. The Labute approximate surface area is 129 Å². The van der Waals surface area contributed by atoms with Gasteiger partial charge in [0.1, 0.15) is 0 Å². The van der Waals surface area contributed by atoms with Crippen LogP contribution < -0.4 is 9.47 Å². The van der Waals surface area contributed by atoms with E-state index in [1.165, 1.54) is 0 Å². The molecule has 0 aliphatic carbocycles. The fourth-order valence-corrected chi connectivity index (χ4v) is 3.43. The van der Waals surface area contributed by atoms with Crippen LogP contribution in [0.25, 0.3) is 11.0 Å². The van der Waals surface area contributed by atoms with Crippen molar-refractivity contribution in [2.45, 2.75) is 18.9 Å². The van der Waals surface area contributed by atoms with E-state index < -0.39 is 0 Å². The highest BCUT2D eigenvalue weighted by Gasteiger charge is 2.21. The molecule has 21 heavy (non-hydrogen) atoms. The third-order valence-corrected chi connectivity index (χ3v) is 4.57. The van der Waals surface area contributed by atoms with Crippen LogP contribution >= 0.6 is 12.2 Å². The minimum atomic E-state index is 0.445. The Hall–Kier alpha value is -1.53. The van der Waals surface area contributed by atoms with Gasteiger partial charge in [0, 0.05) is 18.2 Å². The lowest BCUT2D eigenvalue weighted by atomic mass is 10.1. The lowest BCUT2D eigenvalue weighted by molar-refractivity contribution is 0.223. The van der Waals surface area contributed by atoms with Gasteiger partial charge in [-0.25, -0.2) is 0 Å². The fourth-order valence-electron chi connectivity index (χ4n) is 3.07. The number of likely N-dealkylation sites (tertiary alicyclic amines) is 1. The lowest BCUT2D eigenvalue weighted by Crippen LogP contribution is -2.31. The van der Waals surface area contributed by atoms with Crippen molar-refractivity contribution >= 4 is 23.3 Å². The molecule has 0 unspecified atom stereocenters. The number of hydrogen-bond acceptors (Lipinski definition) is 4. The molecule has 0 spiro atoms. The molecule has 0 amide bonds. The Morgan fingerprint density at radius 3 is 2.38 bits per heavy atom. The monoisotopic (exact) mass is 307 g/mol. The SMILES string of the molecule is COc1cc2[nH]c(=S)n(C3CCN(C)CC3)c2cc1OC. The van der Waals surface area contributed by atoms with Gasteiger partial charge in [0.05, 0.1) is 25.3 Å². The largest absolute Gasteiger partial charge is 0.493 e. The van der Waals surface area contributed by atoms with Crippen LogP contribution in [-0.4, -0.2) is 48.8 Å². The summed E-state index contributed by atoms with van der Waals surface area (Å²) in [4.78, 5) is 5.65. The van der Waals surface area contributed by atoms with Crippen molar-refractivity contribution in [3.05, 3.63) is 16.9 Å². The van der Waals surface area contributed by atoms with Crippen LogP contribution in [0.15, 0.2) is 12.1 Å². The minimum absolute atomic E-state index is 0.445. The van der Waals surface area contributed by atoms with E-state index in [4.69, 9.17) is 21.7 Å². The summed E-state index contributed by atoms with van der Waals surface area (Å²) in [5.74, 6) is 1.46. The van der Waals surface area contributed by atoms with E-state index in [1.807, 2.05) is 12.1 Å². The summed E-state index contributed by atoms with van der Waals surface area (Å²) >= 11 is 5.53. The number of benzene rings is 1. The molecular weight excluding hydrogens is 286 g/mol. The highest BCUT2D eigenvalue weighted by Crippen LogP contribution is 2.34. The molecule has 5 nitrogen and oxygen atoms in total. The average molecular weight is 307 g/mol. The molecule has 1 aromatic heterocycles. The van der Waals surface area contributed by atoms with Crippen molar-refractivity contribution < 1.29 is 9.47 Å². The highest BCUT2D eigenvalue weighted by molar-refractivity contribution is 7.71. The quantitative estimate of drug-likeness (QED) is 0.885. The zero-order valence-electron chi connectivity index (χ0n) is 12.7. The number of piperidine rings is 1. The van der Waals surface area contributed by atoms with Gasteiger partial charge in [-0.15, -0.1) is 0 Å². The number of rotatable bonds is 3. The van der Waals surface area contributed by atoms with Gasteiger partial charge in [-0.2, -0.15) is 0 Å². The highest BCUT2D eigenvalue weighted by atomic mass is 32.1. The maximum absolute atomic E-state index is 5.53. The molecule has 1 aliphatic rings. The van der Waals surface area contributed by atoms with Gasteiger partial charge in [-0.1, -0.05) is 0 Å². The van der Waals surface area contributed by atoms with Gasteiger partial charge in [0.15, 0.2) is 16.3 Å². The second kappa shape index (κ2) is 5.69. The fraction of sp³-hybridized carbons (Fsp3) is 0.533. The van der Waals surface area contributed by atoms with Crippen LogP contribution in [0, 0.1) is 4.77 Å². The van der Waals surface area contributed by atoms with Gasteiger partial charge < -0.3 is 23.9 Å².